The Kier molecular flexibility index (Phi) is 7.91. The van der Waals surface area contributed by atoms with E-state index in [1.54, 1.807) is 24.3 Å². The average molecular weight is 441 g/mol. The van der Waals surface area contributed by atoms with E-state index >= 15 is 0 Å². The van der Waals surface area contributed by atoms with Crippen LogP contribution in [-0.2, 0) is 0 Å². The fourth-order valence-electron chi connectivity index (χ4n) is 2.94. The fraction of sp³-hybridized carbons (Fsp3) is 0.348. The Morgan fingerprint density at radius 2 is 1.44 bits per heavy atom. The predicted molar refractivity (Wildman–Crippen MR) is 119 cm³/mol. The molecule has 0 aliphatic rings. The van der Waals surface area contributed by atoms with Crippen LogP contribution in [0.4, 0.5) is 6.01 Å². The topological polar surface area (TPSA) is 105 Å². The van der Waals surface area contributed by atoms with Crippen LogP contribution < -0.4 is 24.3 Å². The van der Waals surface area contributed by atoms with Crippen LogP contribution in [0.25, 0.3) is 11.5 Å². The number of ether oxygens (including phenoxy) is 4. The SMILES string of the molecule is CCOc1ccc(-c2nnc(NC(=O)c3cc(OCC)c(OCC)c(OCC)c3)o2)cc1. The first kappa shape index (κ1) is 22.9. The lowest BCUT2D eigenvalue weighted by atomic mass is 10.1. The van der Waals surface area contributed by atoms with E-state index in [0.717, 1.165) is 5.75 Å². The van der Waals surface area contributed by atoms with E-state index in [4.69, 9.17) is 23.4 Å². The molecule has 2 aromatic carbocycles. The summed E-state index contributed by atoms with van der Waals surface area (Å²) in [5.74, 6) is 1.88. The van der Waals surface area contributed by atoms with E-state index in [1.165, 1.54) is 0 Å². The monoisotopic (exact) mass is 441 g/mol. The molecule has 32 heavy (non-hydrogen) atoms. The van der Waals surface area contributed by atoms with E-state index in [-0.39, 0.29) is 11.9 Å². The summed E-state index contributed by atoms with van der Waals surface area (Å²) >= 11 is 0. The Morgan fingerprint density at radius 1 is 0.844 bits per heavy atom. The molecule has 1 amide bonds. The van der Waals surface area contributed by atoms with Gasteiger partial charge in [-0.2, -0.15) is 0 Å². The lowest BCUT2D eigenvalue weighted by Crippen LogP contribution is -2.13. The van der Waals surface area contributed by atoms with Crippen LogP contribution in [0.15, 0.2) is 40.8 Å². The number of rotatable bonds is 11. The van der Waals surface area contributed by atoms with E-state index in [1.807, 2.05) is 39.8 Å². The Bertz CT molecular complexity index is 1010. The second kappa shape index (κ2) is 11.0. The van der Waals surface area contributed by atoms with Crippen molar-refractivity contribution in [1.29, 1.82) is 0 Å². The summed E-state index contributed by atoms with van der Waals surface area (Å²) in [5.41, 5.74) is 1.01. The Balaban J connectivity index is 1.80. The van der Waals surface area contributed by atoms with Crippen molar-refractivity contribution in [2.45, 2.75) is 27.7 Å². The van der Waals surface area contributed by atoms with Crippen molar-refractivity contribution in [3.05, 3.63) is 42.0 Å². The number of hydrogen-bond acceptors (Lipinski definition) is 8. The lowest BCUT2D eigenvalue weighted by molar-refractivity contribution is 0.102. The van der Waals surface area contributed by atoms with Gasteiger partial charge in [0, 0.05) is 11.1 Å². The van der Waals surface area contributed by atoms with Crippen LogP contribution in [0.2, 0.25) is 0 Å². The van der Waals surface area contributed by atoms with Crippen molar-refractivity contribution in [3.8, 4) is 34.5 Å². The number of carbonyl (C=O) groups is 1. The highest BCUT2D eigenvalue weighted by Crippen LogP contribution is 2.39. The van der Waals surface area contributed by atoms with E-state index in [9.17, 15) is 4.79 Å². The van der Waals surface area contributed by atoms with Gasteiger partial charge in [0.2, 0.25) is 11.6 Å². The number of nitrogens with zero attached hydrogens (tertiary/aromatic N) is 2. The van der Waals surface area contributed by atoms with E-state index < -0.39 is 5.91 Å². The molecule has 0 spiro atoms. The van der Waals surface area contributed by atoms with Crippen LogP contribution in [0.1, 0.15) is 38.1 Å². The van der Waals surface area contributed by atoms with E-state index in [2.05, 4.69) is 15.5 Å². The molecule has 1 N–H and O–H groups in total. The fourth-order valence-corrected chi connectivity index (χ4v) is 2.94. The minimum Gasteiger partial charge on any atom is -0.494 e. The maximum atomic E-state index is 12.9. The highest BCUT2D eigenvalue weighted by Gasteiger charge is 2.20. The minimum atomic E-state index is -0.447. The molecule has 170 valence electrons. The van der Waals surface area contributed by atoms with Gasteiger partial charge in [0.05, 0.1) is 26.4 Å². The van der Waals surface area contributed by atoms with Gasteiger partial charge in [0.15, 0.2) is 11.5 Å². The second-order valence-electron chi connectivity index (χ2n) is 6.42. The van der Waals surface area contributed by atoms with Crippen LogP contribution >= 0.6 is 0 Å². The third kappa shape index (κ3) is 5.48. The van der Waals surface area contributed by atoms with Gasteiger partial charge in [-0.15, -0.1) is 5.10 Å². The van der Waals surface area contributed by atoms with Crippen LogP contribution in [0, 0.1) is 0 Å². The molecule has 0 saturated carbocycles. The average Bonchev–Trinajstić information content (AvgIpc) is 3.25. The molecule has 0 radical (unpaired) electrons. The molecular weight excluding hydrogens is 414 g/mol. The van der Waals surface area contributed by atoms with Gasteiger partial charge in [-0.1, -0.05) is 5.10 Å². The Labute approximate surface area is 186 Å². The third-order valence-electron chi connectivity index (χ3n) is 4.23. The van der Waals surface area contributed by atoms with Crippen LogP contribution in [-0.4, -0.2) is 42.5 Å². The zero-order valence-corrected chi connectivity index (χ0v) is 18.6. The summed E-state index contributed by atoms with van der Waals surface area (Å²) in [5, 5.41) is 10.5. The van der Waals surface area contributed by atoms with Crippen molar-refractivity contribution in [1.82, 2.24) is 10.2 Å². The number of amides is 1. The maximum Gasteiger partial charge on any atom is 0.322 e. The maximum absolute atomic E-state index is 12.9. The number of hydrogen-bond donors (Lipinski definition) is 1. The quantitative estimate of drug-likeness (QED) is 0.461. The summed E-state index contributed by atoms with van der Waals surface area (Å²) in [7, 11) is 0. The molecule has 1 aromatic heterocycles. The molecule has 1 heterocycles. The third-order valence-corrected chi connectivity index (χ3v) is 4.23. The van der Waals surface area contributed by atoms with Crippen LogP contribution in [0.5, 0.6) is 23.0 Å². The first-order valence-electron chi connectivity index (χ1n) is 10.5. The molecule has 3 rings (SSSR count). The van der Waals surface area contributed by atoms with Gasteiger partial charge < -0.3 is 23.4 Å². The summed E-state index contributed by atoms with van der Waals surface area (Å²) in [6, 6.07) is 10.4. The summed E-state index contributed by atoms with van der Waals surface area (Å²) < 4.78 is 28.0. The number of benzene rings is 2. The Hall–Kier alpha value is -3.75. The van der Waals surface area contributed by atoms with Crippen molar-refractivity contribution in [2.75, 3.05) is 31.7 Å². The van der Waals surface area contributed by atoms with E-state index in [0.29, 0.717) is 54.8 Å². The summed E-state index contributed by atoms with van der Waals surface area (Å²) in [4.78, 5) is 12.9. The molecule has 9 nitrogen and oxygen atoms in total. The van der Waals surface area contributed by atoms with Gasteiger partial charge in [-0.25, -0.2) is 0 Å². The smallest absolute Gasteiger partial charge is 0.322 e. The molecule has 0 atom stereocenters. The number of carbonyl (C=O) groups excluding carboxylic acids is 1. The first-order chi connectivity index (χ1) is 15.6. The largest absolute Gasteiger partial charge is 0.494 e. The number of nitrogens with one attached hydrogen (secondary N) is 1. The predicted octanol–water partition coefficient (Wildman–Crippen LogP) is 4.58. The normalized spacial score (nSPS) is 10.5. The second-order valence-corrected chi connectivity index (χ2v) is 6.42. The van der Waals surface area contributed by atoms with Crippen molar-refractivity contribution in [2.24, 2.45) is 0 Å². The number of aromatic nitrogens is 2. The standard InChI is InChI=1S/C23H27N3O6/c1-5-28-17-11-9-15(10-12-17)22-25-26-23(32-22)24-21(27)16-13-18(29-6-2)20(31-8-4)19(14-16)30-7-3/h9-14H,5-8H2,1-4H3,(H,24,26,27). The highest BCUT2D eigenvalue weighted by molar-refractivity contribution is 6.04. The zero-order valence-electron chi connectivity index (χ0n) is 18.6. The molecule has 9 heteroatoms. The Morgan fingerprint density at radius 3 is 2.00 bits per heavy atom. The van der Waals surface area contributed by atoms with Crippen LogP contribution in [0.3, 0.4) is 0 Å². The van der Waals surface area contributed by atoms with Crippen molar-refractivity contribution < 1.29 is 28.2 Å². The van der Waals surface area contributed by atoms with Gasteiger partial charge in [0.1, 0.15) is 5.75 Å². The molecule has 0 saturated heterocycles. The molecular formula is C23H27N3O6. The van der Waals surface area contributed by atoms with Gasteiger partial charge in [-0.05, 0) is 64.1 Å². The molecule has 0 bridgehead atoms. The van der Waals surface area contributed by atoms with Gasteiger partial charge >= 0.3 is 6.01 Å². The minimum absolute atomic E-state index is 0.0244. The number of anilines is 1. The highest BCUT2D eigenvalue weighted by atomic mass is 16.5. The molecule has 0 unspecified atom stereocenters. The summed E-state index contributed by atoms with van der Waals surface area (Å²) in [6.45, 7) is 9.31. The van der Waals surface area contributed by atoms with Crippen molar-refractivity contribution >= 4 is 11.9 Å². The van der Waals surface area contributed by atoms with Crippen molar-refractivity contribution in [3.63, 3.8) is 0 Å². The summed E-state index contributed by atoms with van der Waals surface area (Å²) in [6.07, 6.45) is 0. The molecule has 0 aliphatic heterocycles. The first-order valence-corrected chi connectivity index (χ1v) is 10.5. The molecule has 0 aliphatic carbocycles. The lowest BCUT2D eigenvalue weighted by Gasteiger charge is -2.16. The molecule has 3 aromatic rings. The molecule has 0 fully saturated rings. The zero-order chi connectivity index (χ0) is 22.9. The van der Waals surface area contributed by atoms with Gasteiger partial charge in [-0.3, -0.25) is 10.1 Å². The van der Waals surface area contributed by atoms with Gasteiger partial charge in [0.25, 0.3) is 5.91 Å².